The highest BCUT2D eigenvalue weighted by atomic mass is 35.5. The highest BCUT2D eigenvalue weighted by Crippen LogP contribution is 2.49. The SMILES string of the molecule is CN1CCC2c3ccccc3Oc3ccc(Cl)cc3C2C1. The quantitative estimate of drug-likeness (QED) is 0.702. The van der Waals surface area contributed by atoms with E-state index in [0.717, 1.165) is 36.0 Å². The maximum atomic E-state index is 6.24. The normalized spacial score (nSPS) is 24.3. The van der Waals surface area contributed by atoms with E-state index in [0.29, 0.717) is 11.8 Å². The molecule has 2 atom stereocenters. The number of hydrogen-bond donors (Lipinski definition) is 0. The largest absolute Gasteiger partial charge is 0.457 e. The Hall–Kier alpha value is -1.51. The molecule has 0 N–H and O–H groups in total. The van der Waals surface area contributed by atoms with Gasteiger partial charge in [0, 0.05) is 23.0 Å². The number of benzene rings is 2. The highest BCUT2D eigenvalue weighted by molar-refractivity contribution is 6.30. The van der Waals surface area contributed by atoms with Crippen molar-refractivity contribution in [3.05, 3.63) is 58.6 Å². The van der Waals surface area contributed by atoms with Crippen LogP contribution >= 0.6 is 11.6 Å². The second-order valence-corrected chi connectivity index (χ2v) is 6.52. The molecule has 1 fully saturated rings. The molecule has 0 radical (unpaired) electrons. The molecule has 0 aliphatic carbocycles. The molecule has 0 aromatic heterocycles. The molecule has 2 heterocycles. The van der Waals surface area contributed by atoms with Crippen molar-refractivity contribution in [3.8, 4) is 11.5 Å². The van der Waals surface area contributed by atoms with Crippen molar-refractivity contribution >= 4 is 11.6 Å². The molecule has 2 aromatic rings. The van der Waals surface area contributed by atoms with Gasteiger partial charge in [0.2, 0.25) is 0 Å². The summed E-state index contributed by atoms with van der Waals surface area (Å²) in [5, 5.41) is 0.787. The zero-order valence-electron chi connectivity index (χ0n) is 12.1. The van der Waals surface area contributed by atoms with Crippen molar-refractivity contribution in [1.82, 2.24) is 4.90 Å². The van der Waals surface area contributed by atoms with Gasteiger partial charge in [-0.05, 0) is 55.8 Å². The van der Waals surface area contributed by atoms with E-state index in [-0.39, 0.29) is 0 Å². The maximum absolute atomic E-state index is 6.24. The molecular formula is C18H18ClNO. The first-order valence-electron chi connectivity index (χ1n) is 7.47. The monoisotopic (exact) mass is 299 g/mol. The van der Waals surface area contributed by atoms with Gasteiger partial charge in [0.25, 0.3) is 0 Å². The summed E-state index contributed by atoms with van der Waals surface area (Å²) in [6.07, 6.45) is 1.16. The Bertz CT molecular complexity index is 685. The lowest BCUT2D eigenvalue weighted by Gasteiger charge is -2.36. The molecule has 0 spiro atoms. The molecule has 0 bridgehead atoms. The van der Waals surface area contributed by atoms with Crippen LogP contribution in [0.5, 0.6) is 11.5 Å². The summed E-state index contributed by atoms with van der Waals surface area (Å²) in [5.74, 6) is 2.91. The lowest BCUT2D eigenvalue weighted by atomic mass is 9.77. The van der Waals surface area contributed by atoms with Crippen LogP contribution in [0.4, 0.5) is 0 Å². The van der Waals surface area contributed by atoms with E-state index in [1.165, 1.54) is 11.1 Å². The Morgan fingerprint density at radius 3 is 2.76 bits per heavy atom. The van der Waals surface area contributed by atoms with Gasteiger partial charge in [-0.15, -0.1) is 0 Å². The number of fused-ring (bicyclic) bond motifs is 5. The van der Waals surface area contributed by atoms with Crippen LogP contribution in [0.2, 0.25) is 5.02 Å². The van der Waals surface area contributed by atoms with Gasteiger partial charge >= 0.3 is 0 Å². The summed E-state index contributed by atoms with van der Waals surface area (Å²) >= 11 is 6.24. The molecule has 21 heavy (non-hydrogen) atoms. The number of para-hydroxylation sites is 1. The lowest BCUT2D eigenvalue weighted by molar-refractivity contribution is 0.228. The average molecular weight is 300 g/mol. The fraction of sp³-hybridized carbons (Fsp3) is 0.333. The first-order chi connectivity index (χ1) is 10.2. The van der Waals surface area contributed by atoms with E-state index >= 15 is 0 Å². The number of likely N-dealkylation sites (N-methyl/N-ethyl adjacent to an activating group) is 1. The summed E-state index contributed by atoms with van der Waals surface area (Å²) in [4.78, 5) is 2.40. The van der Waals surface area contributed by atoms with E-state index in [2.05, 4.69) is 36.2 Å². The minimum atomic E-state index is 0.445. The fourth-order valence-corrected chi connectivity index (χ4v) is 3.88. The first kappa shape index (κ1) is 13.2. The number of rotatable bonds is 0. The van der Waals surface area contributed by atoms with Crippen LogP contribution in [0.25, 0.3) is 0 Å². The molecule has 2 aromatic carbocycles. The summed E-state index contributed by atoms with van der Waals surface area (Å²) < 4.78 is 6.21. The van der Waals surface area contributed by atoms with Crippen LogP contribution in [0.3, 0.4) is 0 Å². The summed E-state index contributed by atoms with van der Waals surface area (Å²) in [6.45, 7) is 2.18. The summed E-state index contributed by atoms with van der Waals surface area (Å²) in [6, 6.07) is 14.4. The Morgan fingerprint density at radius 2 is 1.86 bits per heavy atom. The van der Waals surface area contributed by atoms with E-state index in [1.807, 2.05) is 18.2 Å². The zero-order valence-corrected chi connectivity index (χ0v) is 12.8. The number of nitrogens with zero attached hydrogens (tertiary/aromatic N) is 1. The fourth-order valence-electron chi connectivity index (χ4n) is 3.70. The van der Waals surface area contributed by atoms with Crippen molar-refractivity contribution in [3.63, 3.8) is 0 Å². The molecule has 1 saturated heterocycles. The molecule has 0 saturated carbocycles. The summed E-state index contributed by atoms with van der Waals surface area (Å²) in [5.41, 5.74) is 2.58. The van der Waals surface area contributed by atoms with Gasteiger partial charge in [-0.3, -0.25) is 0 Å². The molecule has 4 rings (SSSR count). The standard InChI is InChI=1S/C18H18ClNO/c1-20-9-8-13-14-4-2-3-5-17(14)21-18-7-6-12(19)10-15(18)16(13)11-20/h2-7,10,13,16H,8-9,11H2,1H3. The van der Waals surface area contributed by atoms with Crippen molar-refractivity contribution in [1.29, 1.82) is 0 Å². The second kappa shape index (κ2) is 5.04. The number of piperidine rings is 1. The van der Waals surface area contributed by atoms with E-state index in [1.54, 1.807) is 0 Å². The third-order valence-electron chi connectivity index (χ3n) is 4.73. The minimum Gasteiger partial charge on any atom is -0.457 e. The Balaban J connectivity index is 1.91. The van der Waals surface area contributed by atoms with Gasteiger partial charge in [0.1, 0.15) is 11.5 Å². The van der Waals surface area contributed by atoms with E-state index in [9.17, 15) is 0 Å². The third-order valence-corrected chi connectivity index (χ3v) is 4.96. The van der Waals surface area contributed by atoms with Gasteiger partial charge in [0.15, 0.2) is 0 Å². The van der Waals surface area contributed by atoms with Gasteiger partial charge in [0.05, 0.1) is 0 Å². The molecule has 0 amide bonds. The number of likely N-dealkylation sites (tertiary alicyclic amines) is 1. The van der Waals surface area contributed by atoms with Crippen molar-refractivity contribution < 1.29 is 4.74 Å². The van der Waals surface area contributed by atoms with E-state index in [4.69, 9.17) is 16.3 Å². The maximum Gasteiger partial charge on any atom is 0.131 e. The topological polar surface area (TPSA) is 12.5 Å². The van der Waals surface area contributed by atoms with Gasteiger partial charge in [-0.1, -0.05) is 29.8 Å². The van der Waals surface area contributed by atoms with Crippen LogP contribution in [0, 0.1) is 0 Å². The number of ether oxygens (including phenoxy) is 1. The Labute approximate surface area is 130 Å². The zero-order chi connectivity index (χ0) is 14.4. The third kappa shape index (κ3) is 2.23. The number of hydrogen-bond acceptors (Lipinski definition) is 2. The molecule has 2 aliphatic rings. The van der Waals surface area contributed by atoms with Crippen LogP contribution in [0.1, 0.15) is 29.4 Å². The summed E-state index contributed by atoms with van der Waals surface area (Å²) in [7, 11) is 2.19. The van der Waals surface area contributed by atoms with Gasteiger partial charge in [-0.2, -0.15) is 0 Å². The predicted molar refractivity (Wildman–Crippen MR) is 85.6 cm³/mol. The van der Waals surface area contributed by atoms with E-state index < -0.39 is 0 Å². The smallest absolute Gasteiger partial charge is 0.131 e. The number of halogens is 1. The minimum absolute atomic E-state index is 0.445. The Morgan fingerprint density at radius 1 is 1.05 bits per heavy atom. The molecule has 3 heteroatoms. The predicted octanol–water partition coefficient (Wildman–Crippen LogP) is 4.65. The first-order valence-corrected chi connectivity index (χ1v) is 7.85. The average Bonchev–Trinajstić information content (AvgIpc) is 2.62. The van der Waals surface area contributed by atoms with Crippen LogP contribution in [-0.2, 0) is 0 Å². The molecule has 108 valence electrons. The Kier molecular flexibility index (Phi) is 3.16. The van der Waals surface area contributed by atoms with Gasteiger partial charge < -0.3 is 9.64 Å². The van der Waals surface area contributed by atoms with Crippen LogP contribution in [0.15, 0.2) is 42.5 Å². The van der Waals surface area contributed by atoms with Crippen molar-refractivity contribution in [2.24, 2.45) is 0 Å². The molecule has 2 nitrogen and oxygen atoms in total. The lowest BCUT2D eigenvalue weighted by Crippen LogP contribution is -2.35. The van der Waals surface area contributed by atoms with Crippen LogP contribution in [-0.4, -0.2) is 25.0 Å². The van der Waals surface area contributed by atoms with Gasteiger partial charge in [-0.25, -0.2) is 0 Å². The van der Waals surface area contributed by atoms with Crippen molar-refractivity contribution in [2.45, 2.75) is 18.3 Å². The van der Waals surface area contributed by atoms with Crippen molar-refractivity contribution in [2.75, 3.05) is 20.1 Å². The molecular weight excluding hydrogens is 282 g/mol. The second-order valence-electron chi connectivity index (χ2n) is 6.09. The molecule has 2 aliphatic heterocycles. The molecule has 2 unspecified atom stereocenters. The van der Waals surface area contributed by atoms with Crippen LogP contribution < -0.4 is 4.74 Å². The highest BCUT2D eigenvalue weighted by Gasteiger charge is 2.36.